The number of nitrogens with zero attached hydrogens (tertiary/aromatic N) is 4. The molecule has 0 aliphatic heterocycles. The number of fused-ring (bicyclic) bond motifs is 2. The number of benzene rings is 2. The fraction of sp³-hybridized carbons (Fsp3) is 0.231. The van der Waals surface area contributed by atoms with Crippen molar-refractivity contribution >= 4 is 33.6 Å². The van der Waals surface area contributed by atoms with Gasteiger partial charge in [0.1, 0.15) is 11.6 Å². The Hall–Kier alpha value is -4.95. The molecule has 0 saturated heterocycles. The van der Waals surface area contributed by atoms with E-state index in [4.69, 9.17) is 21.0 Å². The van der Waals surface area contributed by atoms with Crippen molar-refractivity contribution in [2.75, 3.05) is 0 Å². The molecule has 0 amide bonds. The summed E-state index contributed by atoms with van der Waals surface area (Å²) >= 11 is 0. The lowest BCUT2D eigenvalue weighted by Gasteiger charge is -2.05. The van der Waals surface area contributed by atoms with Crippen LogP contribution in [0.3, 0.4) is 0 Å². The zero-order valence-electron chi connectivity index (χ0n) is 21.5. The fourth-order valence-corrected chi connectivity index (χ4v) is 4.45. The predicted octanol–water partition coefficient (Wildman–Crippen LogP) is 4.69. The topological polar surface area (TPSA) is 148 Å². The van der Waals surface area contributed by atoms with Crippen LogP contribution >= 0.6 is 0 Å². The van der Waals surface area contributed by atoms with E-state index in [9.17, 15) is 26.7 Å². The van der Waals surface area contributed by atoms with Gasteiger partial charge in [-0.1, -0.05) is 0 Å². The van der Waals surface area contributed by atoms with E-state index in [0.717, 1.165) is 23.9 Å². The van der Waals surface area contributed by atoms with E-state index in [1.54, 1.807) is 24.5 Å². The van der Waals surface area contributed by atoms with Crippen LogP contribution in [0.15, 0.2) is 53.6 Å². The van der Waals surface area contributed by atoms with Crippen LogP contribution in [0.1, 0.15) is 19.3 Å². The molecule has 0 aliphatic rings. The Kier molecular flexibility index (Phi) is 7.98. The van der Waals surface area contributed by atoms with Gasteiger partial charge in [0, 0.05) is 54.3 Å². The molecule has 0 unspecified atom stereocenters. The summed E-state index contributed by atoms with van der Waals surface area (Å²) in [6, 6.07) is 8.91. The molecule has 10 nitrogen and oxygen atoms in total. The van der Waals surface area contributed by atoms with Gasteiger partial charge in [0.25, 0.3) is 0 Å². The van der Waals surface area contributed by atoms with Crippen LogP contribution < -0.4 is 11.4 Å². The summed E-state index contributed by atoms with van der Waals surface area (Å²) < 4.78 is 65.2. The molecule has 3 heterocycles. The van der Waals surface area contributed by atoms with E-state index in [1.807, 2.05) is 16.2 Å². The third kappa shape index (κ3) is 6.13. The van der Waals surface area contributed by atoms with Crippen molar-refractivity contribution in [1.82, 2.24) is 23.9 Å². The first-order valence-electron chi connectivity index (χ1n) is 12.1. The summed E-state index contributed by atoms with van der Waals surface area (Å²) in [5.74, 6) is -3.13. The monoisotopic (exact) mass is 577 g/mol. The molecule has 216 valence electrons. The summed E-state index contributed by atoms with van der Waals surface area (Å²) in [4.78, 5) is 21.8. The van der Waals surface area contributed by atoms with Crippen LogP contribution in [0.2, 0.25) is 0 Å². The molecule has 0 radical (unpaired) electrons. The van der Waals surface area contributed by atoms with E-state index in [1.165, 1.54) is 28.8 Å². The van der Waals surface area contributed by atoms with Gasteiger partial charge in [0.05, 0.1) is 17.0 Å². The van der Waals surface area contributed by atoms with Gasteiger partial charge in [-0.2, -0.15) is 18.3 Å². The number of hydrogen-bond acceptors (Lipinski definition) is 4. The van der Waals surface area contributed by atoms with Crippen molar-refractivity contribution in [3.8, 4) is 17.1 Å². The first-order valence-corrected chi connectivity index (χ1v) is 12.1. The minimum atomic E-state index is -5.08. The predicted molar refractivity (Wildman–Crippen MR) is 141 cm³/mol. The molecule has 0 aliphatic carbocycles. The second-order valence-electron chi connectivity index (χ2n) is 9.16. The Labute approximate surface area is 227 Å². The number of rotatable bonds is 7. The van der Waals surface area contributed by atoms with Gasteiger partial charge < -0.3 is 20.0 Å². The molecule has 5 rings (SSSR count). The van der Waals surface area contributed by atoms with Crippen LogP contribution in [-0.4, -0.2) is 47.0 Å². The van der Waals surface area contributed by atoms with Gasteiger partial charge in [0.2, 0.25) is 0 Å². The largest absolute Gasteiger partial charge is 0.490 e. The van der Waals surface area contributed by atoms with Crippen LogP contribution in [0.5, 0.6) is 0 Å². The maximum absolute atomic E-state index is 14.2. The number of H-pyrrole nitrogens is 1. The molecule has 5 aromatic rings. The lowest BCUT2D eigenvalue weighted by molar-refractivity contribution is -0.192. The number of aromatic nitrogens is 5. The normalized spacial score (nSPS) is 11.6. The number of nitrogens with two attached hydrogens (primary N) is 1. The highest BCUT2D eigenvalue weighted by molar-refractivity contribution is 5.96. The molecule has 0 bridgehead atoms. The average molecular weight is 578 g/mol. The molecule has 15 heteroatoms. The Balaban J connectivity index is 0.000000493. The summed E-state index contributed by atoms with van der Waals surface area (Å²) in [6.07, 6.45) is 0.505. The third-order valence-electron chi connectivity index (χ3n) is 6.27. The highest BCUT2D eigenvalue weighted by atomic mass is 19.4. The number of nitrogens with one attached hydrogen (secondary N) is 2. The van der Waals surface area contributed by atoms with Crippen LogP contribution in [0.25, 0.3) is 38.9 Å². The van der Waals surface area contributed by atoms with Gasteiger partial charge in [-0.05, 0) is 49.2 Å². The standard InChI is InChI=1S/C24H23F2N7O.C2HF3O2/c1-31-12-18(16-10-14(25)5-7-19(16)31)23-29-30-24(34)33(23)21-13-32(9-3-2-4-22(27)28)20-8-6-15(26)11-17(20)21;3-2(4,5)1(6)7/h5-8,10-13H,2-4,9H2,1H3,(H3,27,28)(H,30,34);(H,6,7). The molecule has 0 fully saturated rings. The summed E-state index contributed by atoms with van der Waals surface area (Å²) in [7, 11) is 1.83. The fourth-order valence-electron chi connectivity index (χ4n) is 4.45. The number of aromatic amines is 1. The van der Waals surface area contributed by atoms with Crippen molar-refractivity contribution in [2.24, 2.45) is 12.8 Å². The van der Waals surface area contributed by atoms with E-state index in [2.05, 4.69) is 10.2 Å². The summed E-state index contributed by atoms with van der Waals surface area (Å²) in [5, 5.41) is 22.4. The van der Waals surface area contributed by atoms with Crippen molar-refractivity contribution < 1.29 is 31.9 Å². The van der Waals surface area contributed by atoms with Gasteiger partial charge in [-0.3, -0.25) is 5.41 Å². The van der Waals surface area contributed by atoms with Gasteiger partial charge in [0.15, 0.2) is 5.82 Å². The maximum atomic E-state index is 14.2. The number of carboxylic acid groups (broad SMARTS) is 1. The molecule has 3 aromatic heterocycles. The number of aryl methyl sites for hydroxylation is 2. The zero-order valence-corrected chi connectivity index (χ0v) is 21.5. The minimum Gasteiger partial charge on any atom is -0.475 e. The Morgan fingerprint density at radius 3 is 2.27 bits per heavy atom. The molecule has 0 spiro atoms. The molecule has 5 N–H and O–H groups in total. The van der Waals surface area contributed by atoms with Crippen LogP contribution in [0, 0.1) is 17.0 Å². The van der Waals surface area contributed by atoms with Crippen molar-refractivity contribution in [3.05, 3.63) is 70.9 Å². The number of carbonyl (C=O) groups is 1. The molecule has 2 aromatic carbocycles. The number of aliphatic carboxylic acids is 1. The number of hydrogen-bond donors (Lipinski definition) is 4. The first kappa shape index (κ1) is 29.0. The number of halogens is 5. The van der Waals surface area contributed by atoms with Crippen LogP contribution in [-0.2, 0) is 18.4 Å². The smallest absolute Gasteiger partial charge is 0.475 e. The van der Waals surface area contributed by atoms with E-state index in [-0.39, 0.29) is 5.84 Å². The number of unbranched alkanes of at least 4 members (excludes halogenated alkanes) is 1. The molecular formula is C26H24F5N7O3. The van der Waals surface area contributed by atoms with Crippen molar-refractivity contribution in [3.63, 3.8) is 0 Å². The van der Waals surface area contributed by atoms with Crippen molar-refractivity contribution in [1.29, 1.82) is 5.41 Å². The molecular weight excluding hydrogens is 553 g/mol. The minimum absolute atomic E-state index is 0.140. The second-order valence-corrected chi connectivity index (χ2v) is 9.16. The lowest BCUT2D eigenvalue weighted by Crippen LogP contribution is -2.21. The second kappa shape index (κ2) is 11.3. The van der Waals surface area contributed by atoms with Gasteiger partial charge in [-0.15, -0.1) is 0 Å². The maximum Gasteiger partial charge on any atom is 0.490 e. The first-order chi connectivity index (χ1) is 19.3. The quantitative estimate of drug-likeness (QED) is 0.0959. The van der Waals surface area contributed by atoms with Gasteiger partial charge in [-0.25, -0.2) is 28.0 Å². The number of amidine groups is 1. The van der Waals surface area contributed by atoms with Gasteiger partial charge >= 0.3 is 17.8 Å². The Bertz CT molecular complexity index is 1810. The number of carboxylic acids is 1. The summed E-state index contributed by atoms with van der Waals surface area (Å²) in [5.41, 5.74) is 7.57. The molecule has 41 heavy (non-hydrogen) atoms. The SMILES string of the molecule is Cn1cc(-c2n[nH]c(=O)n2-c2cn(CCCCC(=N)N)c3ccc(F)cc23)c2cc(F)ccc21.O=C(O)C(F)(F)F. The average Bonchev–Trinajstić information content (AvgIpc) is 3.53. The number of alkyl halides is 3. The van der Waals surface area contributed by atoms with E-state index in [0.29, 0.717) is 40.8 Å². The Morgan fingerprint density at radius 1 is 1.05 bits per heavy atom. The van der Waals surface area contributed by atoms with E-state index < -0.39 is 29.5 Å². The third-order valence-corrected chi connectivity index (χ3v) is 6.27. The highest BCUT2D eigenvalue weighted by Gasteiger charge is 2.38. The van der Waals surface area contributed by atoms with Crippen molar-refractivity contribution in [2.45, 2.75) is 32.0 Å². The highest BCUT2D eigenvalue weighted by Crippen LogP contribution is 2.33. The zero-order chi connectivity index (χ0) is 30.1. The summed E-state index contributed by atoms with van der Waals surface area (Å²) in [6.45, 7) is 0.608. The van der Waals surface area contributed by atoms with Crippen LogP contribution in [0.4, 0.5) is 22.0 Å². The molecule has 0 atom stereocenters. The lowest BCUT2D eigenvalue weighted by atomic mass is 10.1. The van der Waals surface area contributed by atoms with E-state index >= 15 is 0 Å². The molecule has 0 saturated carbocycles. The Morgan fingerprint density at radius 2 is 1.66 bits per heavy atom.